The van der Waals surface area contributed by atoms with E-state index in [1.54, 1.807) is 18.3 Å². The summed E-state index contributed by atoms with van der Waals surface area (Å²) >= 11 is 1.33. The Morgan fingerprint density at radius 2 is 2.24 bits per heavy atom. The molecule has 1 saturated heterocycles. The predicted molar refractivity (Wildman–Crippen MR) is 93.3 cm³/mol. The van der Waals surface area contributed by atoms with Crippen molar-refractivity contribution in [3.63, 3.8) is 0 Å². The van der Waals surface area contributed by atoms with E-state index in [4.69, 9.17) is 14.6 Å². The molecule has 0 saturated carbocycles. The number of thiophene rings is 1. The number of fused-ring (bicyclic) bond motifs is 1. The lowest BCUT2D eigenvalue weighted by Crippen LogP contribution is -2.82. The monoisotopic (exact) mass is 386 g/mol. The van der Waals surface area contributed by atoms with Crippen LogP contribution < -0.4 is 4.90 Å². The Kier molecular flexibility index (Phi) is 5.76. The number of methoxy groups -OCH3 is 1. The summed E-state index contributed by atoms with van der Waals surface area (Å²) in [5.41, 5.74) is -0.656. The average Bonchev–Trinajstić information content (AvgIpc) is 3.06. The number of carboxylic acid groups (broad SMARTS) is 1. The van der Waals surface area contributed by atoms with Crippen LogP contribution in [0.3, 0.4) is 0 Å². The van der Waals surface area contributed by atoms with Gasteiger partial charge in [-0.1, -0.05) is 0 Å². The van der Waals surface area contributed by atoms with E-state index in [1.165, 1.54) is 35.2 Å². The Morgan fingerprint density at radius 1 is 1.60 bits per heavy atom. The van der Waals surface area contributed by atoms with Gasteiger partial charge in [-0.05, 0) is 30.0 Å². The maximum atomic E-state index is 12.7. The molecule has 1 N–H and O–H groups in total. The molecule has 3 heterocycles. The minimum Gasteiger partial charge on any atom is -0.483 e. The number of carbonyl (C=O) groups excluding carboxylic acids is 2. The molecule has 1 aromatic heterocycles. The SMILES string of the molecule is COC1(N(C(C)=O)c2cccs2)C(=O)N2C=C(C)CS(=O)[C@@H]21.O=CO. The molecule has 0 aromatic carbocycles. The third kappa shape index (κ3) is 3.00. The molecule has 2 unspecified atom stereocenters. The van der Waals surface area contributed by atoms with Crippen molar-refractivity contribution in [1.29, 1.82) is 0 Å². The molecule has 2 aliphatic heterocycles. The summed E-state index contributed by atoms with van der Waals surface area (Å²) < 4.78 is 18.1. The predicted octanol–water partition coefficient (Wildman–Crippen LogP) is 0.979. The molecule has 8 nitrogen and oxygen atoms in total. The third-order valence-electron chi connectivity index (χ3n) is 3.79. The van der Waals surface area contributed by atoms with Crippen molar-refractivity contribution in [3.05, 3.63) is 29.3 Å². The van der Waals surface area contributed by atoms with Crippen LogP contribution in [-0.4, -0.2) is 56.5 Å². The van der Waals surface area contributed by atoms with Crippen molar-refractivity contribution in [2.45, 2.75) is 24.9 Å². The van der Waals surface area contributed by atoms with Crippen LogP contribution in [0.5, 0.6) is 0 Å². The molecule has 3 rings (SSSR count). The molecule has 0 bridgehead atoms. The number of rotatable bonds is 3. The number of carbonyl (C=O) groups is 3. The lowest BCUT2D eigenvalue weighted by Gasteiger charge is -2.57. The van der Waals surface area contributed by atoms with E-state index in [1.807, 2.05) is 12.3 Å². The van der Waals surface area contributed by atoms with Gasteiger partial charge in [-0.3, -0.25) is 28.4 Å². The fourth-order valence-corrected chi connectivity index (χ4v) is 5.54. The third-order valence-corrected chi connectivity index (χ3v) is 6.43. The Bertz CT molecular complexity index is 732. The highest BCUT2D eigenvalue weighted by Crippen LogP contribution is 2.45. The highest BCUT2D eigenvalue weighted by Gasteiger charge is 2.69. The number of amides is 2. The average molecular weight is 386 g/mol. The zero-order valence-electron chi connectivity index (χ0n) is 13.9. The van der Waals surface area contributed by atoms with E-state index in [2.05, 4.69) is 0 Å². The Balaban J connectivity index is 0.000000701. The van der Waals surface area contributed by atoms with Gasteiger partial charge in [0.15, 0.2) is 5.37 Å². The minimum absolute atomic E-state index is 0.250. The van der Waals surface area contributed by atoms with E-state index in [0.29, 0.717) is 10.8 Å². The largest absolute Gasteiger partial charge is 0.483 e. The molecule has 0 aliphatic carbocycles. The number of nitrogens with zero attached hydrogens (tertiary/aromatic N) is 2. The van der Waals surface area contributed by atoms with Gasteiger partial charge in [-0.2, -0.15) is 0 Å². The first kappa shape index (κ1) is 19.3. The quantitative estimate of drug-likeness (QED) is 0.472. The molecular weight excluding hydrogens is 368 g/mol. The van der Waals surface area contributed by atoms with Gasteiger partial charge in [0.1, 0.15) is 5.00 Å². The molecule has 25 heavy (non-hydrogen) atoms. The zero-order chi connectivity index (χ0) is 18.8. The van der Waals surface area contributed by atoms with E-state index >= 15 is 0 Å². The van der Waals surface area contributed by atoms with E-state index in [-0.39, 0.29) is 18.3 Å². The Hall–Kier alpha value is -2.04. The fraction of sp³-hybridized carbons (Fsp3) is 0.400. The van der Waals surface area contributed by atoms with E-state index in [0.717, 1.165) is 5.57 Å². The topological polar surface area (TPSA) is 104 Å². The van der Waals surface area contributed by atoms with Gasteiger partial charge in [-0.25, -0.2) is 0 Å². The van der Waals surface area contributed by atoms with Crippen molar-refractivity contribution in [1.82, 2.24) is 4.90 Å². The summed E-state index contributed by atoms with van der Waals surface area (Å²) in [7, 11) is 0.0516. The van der Waals surface area contributed by atoms with Crippen LogP contribution in [0.25, 0.3) is 0 Å². The second kappa shape index (κ2) is 7.46. The summed E-state index contributed by atoms with van der Waals surface area (Å²) in [6, 6.07) is 3.54. The Labute approximate surface area is 151 Å². The van der Waals surface area contributed by atoms with Gasteiger partial charge in [-0.15, -0.1) is 11.3 Å². The van der Waals surface area contributed by atoms with Gasteiger partial charge in [0.25, 0.3) is 18.1 Å². The molecule has 2 amide bonds. The molecule has 1 fully saturated rings. The first-order valence-electron chi connectivity index (χ1n) is 7.19. The van der Waals surface area contributed by atoms with Crippen LogP contribution >= 0.6 is 11.3 Å². The molecule has 2 aliphatic rings. The van der Waals surface area contributed by atoms with Crippen LogP contribution in [0.1, 0.15) is 13.8 Å². The normalized spacial score (nSPS) is 27.2. The molecule has 10 heteroatoms. The smallest absolute Gasteiger partial charge is 0.290 e. The summed E-state index contributed by atoms with van der Waals surface area (Å²) in [5.74, 6) is -0.313. The second-order valence-electron chi connectivity index (χ2n) is 5.38. The van der Waals surface area contributed by atoms with E-state index < -0.39 is 21.9 Å². The van der Waals surface area contributed by atoms with Crippen molar-refractivity contribution < 1.29 is 28.4 Å². The molecule has 1 aromatic rings. The highest BCUT2D eigenvalue weighted by molar-refractivity contribution is 7.86. The second-order valence-corrected chi connectivity index (χ2v) is 7.80. The summed E-state index contributed by atoms with van der Waals surface area (Å²) in [4.78, 5) is 36.0. The van der Waals surface area contributed by atoms with Gasteiger partial charge in [0.05, 0.1) is 10.8 Å². The Morgan fingerprint density at radius 3 is 2.72 bits per heavy atom. The number of β-lactam (4-membered cyclic amide) rings is 1. The number of hydrogen-bond donors (Lipinski definition) is 1. The fourth-order valence-electron chi connectivity index (χ4n) is 2.96. The van der Waals surface area contributed by atoms with E-state index in [9.17, 15) is 13.8 Å². The number of ether oxygens (including phenoxy) is 1. The van der Waals surface area contributed by atoms with Crippen molar-refractivity contribution in [2.24, 2.45) is 0 Å². The first-order chi connectivity index (χ1) is 11.8. The molecule has 3 atom stereocenters. The standard InChI is InChI=1S/C14H16N2O4S2.CH2O2/c1-9-7-15-12(18)14(20-3,13(15)22(19)8-9)16(10(2)17)11-5-4-6-21-11;2-1-3/h4-7,13H,8H2,1-3H3;1H,(H,2,3)/t13-,14?,22?;/m1./s1. The molecular formula is C15H18N2O6S2. The van der Waals surface area contributed by atoms with Gasteiger partial charge in [0, 0.05) is 26.0 Å². The molecule has 0 radical (unpaired) electrons. The van der Waals surface area contributed by atoms with Gasteiger partial charge in [0.2, 0.25) is 5.91 Å². The summed E-state index contributed by atoms with van der Waals surface area (Å²) in [5, 5.41) is 8.63. The van der Waals surface area contributed by atoms with Crippen LogP contribution in [0.15, 0.2) is 29.3 Å². The van der Waals surface area contributed by atoms with Gasteiger partial charge < -0.3 is 9.84 Å². The minimum atomic E-state index is -1.53. The number of anilines is 1. The zero-order valence-corrected chi connectivity index (χ0v) is 15.5. The molecule has 0 spiro atoms. The van der Waals surface area contributed by atoms with Crippen LogP contribution in [0, 0.1) is 0 Å². The maximum absolute atomic E-state index is 12.7. The molecule has 136 valence electrons. The van der Waals surface area contributed by atoms with Gasteiger partial charge >= 0.3 is 0 Å². The van der Waals surface area contributed by atoms with Crippen molar-refractivity contribution >= 4 is 45.4 Å². The highest BCUT2D eigenvalue weighted by atomic mass is 32.2. The summed E-state index contributed by atoms with van der Waals surface area (Å²) in [6.45, 7) is 2.96. The van der Waals surface area contributed by atoms with Crippen LogP contribution in [0.4, 0.5) is 5.00 Å². The maximum Gasteiger partial charge on any atom is 0.290 e. The van der Waals surface area contributed by atoms with Crippen molar-refractivity contribution in [3.8, 4) is 0 Å². The van der Waals surface area contributed by atoms with Crippen LogP contribution in [-0.2, 0) is 29.9 Å². The summed E-state index contributed by atoms with van der Waals surface area (Å²) in [6.07, 6.45) is 1.69. The van der Waals surface area contributed by atoms with Crippen molar-refractivity contribution in [2.75, 3.05) is 17.8 Å². The first-order valence-corrected chi connectivity index (χ1v) is 9.45. The van der Waals surface area contributed by atoms with Crippen LogP contribution in [0.2, 0.25) is 0 Å². The number of hydrogen-bond acceptors (Lipinski definition) is 6. The lowest BCUT2D eigenvalue weighted by molar-refractivity contribution is -0.182. The lowest BCUT2D eigenvalue weighted by atomic mass is 9.99.